The number of amides is 1. The number of pyridine rings is 1. The van der Waals surface area contributed by atoms with Crippen LogP contribution < -0.4 is 5.32 Å². The van der Waals surface area contributed by atoms with Crippen LogP contribution in [0.1, 0.15) is 37.6 Å². The van der Waals surface area contributed by atoms with Crippen LogP contribution in [0.15, 0.2) is 42.6 Å². The normalized spacial score (nSPS) is 12.3. The standard InChI is InChI=1S/C19H22N4O/c1-4-13(3)21-19(24)15-9-6-8-14(12-15)17-22-16-10-7-11-20-18(16)23(17)5-2/h6-13H,4-5H2,1-3H3,(H,21,24)/t13-/m1/s1. The van der Waals surface area contributed by atoms with Crippen molar-refractivity contribution in [1.29, 1.82) is 0 Å². The minimum atomic E-state index is -0.0523. The number of rotatable bonds is 5. The molecule has 3 rings (SSSR count). The quantitative estimate of drug-likeness (QED) is 0.780. The summed E-state index contributed by atoms with van der Waals surface area (Å²) in [6.07, 6.45) is 2.68. The molecule has 1 atom stereocenters. The Bertz CT molecular complexity index is 869. The highest BCUT2D eigenvalue weighted by Crippen LogP contribution is 2.24. The van der Waals surface area contributed by atoms with Crippen molar-refractivity contribution in [3.63, 3.8) is 0 Å². The maximum atomic E-state index is 12.4. The molecule has 0 unspecified atom stereocenters. The lowest BCUT2D eigenvalue weighted by atomic mass is 10.1. The summed E-state index contributed by atoms with van der Waals surface area (Å²) < 4.78 is 2.07. The topological polar surface area (TPSA) is 59.8 Å². The number of fused-ring (bicyclic) bond motifs is 1. The van der Waals surface area contributed by atoms with Gasteiger partial charge in [-0.05, 0) is 44.5 Å². The predicted octanol–water partition coefficient (Wildman–Crippen LogP) is 3.65. The molecule has 1 N–H and O–H groups in total. The fourth-order valence-corrected chi connectivity index (χ4v) is 2.69. The zero-order valence-electron chi connectivity index (χ0n) is 14.3. The molecule has 0 saturated heterocycles. The molecule has 0 aliphatic heterocycles. The molecule has 24 heavy (non-hydrogen) atoms. The fraction of sp³-hybridized carbons (Fsp3) is 0.316. The lowest BCUT2D eigenvalue weighted by molar-refractivity contribution is 0.0939. The van der Waals surface area contributed by atoms with Crippen LogP contribution in [0.3, 0.4) is 0 Å². The summed E-state index contributed by atoms with van der Waals surface area (Å²) in [6.45, 7) is 6.90. The van der Waals surface area contributed by atoms with E-state index in [0.717, 1.165) is 35.5 Å². The highest BCUT2D eigenvalue weighted by atomic mass is 16.1. The van der Waals surface area contributed by atoms with Crippen LogP contribution in [-0.2, 0) is 6.54 Å². The van der Waals surface area contributed by atoms with Crippen molar-refractivity contribution in [3.05, 3.63) is 48.2 Å². The van der Waals surface area contributed by atoms with Crippen molar-refractivity contribution in [3.8, 4) is 11.4 Å². The molecule has 0 aliphatic rings. The Morgan fingerprint density at radius 2 is 2.08 bits per heavy atom. The second-order valence-corrected chi connectivity index (χ2v) is 5.89. The third kappa shape index (κ3) is 3.02. The van der Waals surface area contributed by atoms with E-state index in [4.69, 9.17) is 4.98 Å². The van der Waals surface area contributed by atoms with Gasteiger partial charge in [-0.15, -0.1) is 0 Å². The van der Waals surface area contributed by atoms with Crippen LogP contribution in [0, 0.1) is 0 Å². The Morgan fingerprint density at radius 3 is 2.83 bits per heavy atom. The van der Waals surface area contributed by atoms with E-state index >= 15 is 0 Å². The number of aryl methyl sites for hydroxylation is 1. The number of imidazole rings is 1. The van der Waals surface area contributed by atoms with Crippen molar-refractivity contribution in [2.45, 2.75) is 39.8 Å². The van der Waals surface area contributed by atoms with Gasteiger partial charge in [-0.3, -0.25) is 4.79 Å². The second kappa shape index (κ2) is 6.83. The molecule has 0 spiro atoms. The van der Waals surface area contributed by atoms with E-state index in [9.17, 15) is 4.79 Å². The molecular formula is C19H22N4O. The Balaban J connectivity index is 2.02. The van der Waals surface area contributed by atoms with E-state index in [1.54, 1.807) is 6.20 Å². The van der Waals surface area contributed by atoms with Crippen LogP contribution in [0.5, 0.6) is 0 Å². The van der Waals surface area contributed by atoms with Crippen LogP contribution in [0.25, 0.3) is 22.6 Å². The van der Waals surface area contributed by atoms with Gasteiger partial charge in [0.15, 0.2) is 5.65 Å². The van der Waals surface area contributed by atoms with Crippen LogP contribution in [0.4, 0.5) is 0 Å². The molecule has 5 nitrogen and oxygen atoms in total. The van der Waals surface area contributed by atoms with Crippen molar-refractivity contribution in [2.75, 3.05) is 0 Å². The van der Waals surface area contributed by atoms with Gasteiger partial charge in [-0.2, -0.15) is 0 Å². The third-order valence-corrected chi connectivity index (χ3v) is 4.19. The summed E-state index contributed by atoms with van der Waals surface area (Å²) in [7, 11) is 0. The SMILES string of the molecule is CC[C@@H](C)NC(=O)c1cccc(-c2nc3cccnc3n2CC)c1. The molecule has 5 heteroatoms. The van der Waals surface area contributed by atoms with E-state index in [2.05, 4.69) is 28.7 Å². The summed E-state index contributed by atoms with van der Waals surface area (Å²) >= 11 is 0. The number of hydrogen-bond donors (Lipinski definition) is 1. The molecule has 0 aliphatic carbocycles. The average Bonchev–Trinajstić information content (AvgIpc) is 3.00. The molecule has 2 aromatic heterocycles. The van der Waals surface area contributed by atoms with Crippen molar-refractivity contribution < 1.29 is 4.79 Å². The molecule has 124 valence electrons. The molecule has 0 saturated carbocycles. The highest BCUT2D eigenvalue weighted by molar-refractivity contribution is 5.95. The Hall–Kier alpha value is -2.69. The van der Waals surface area contributed by atoms with Gasteiger partial charge in [-0.1, -0.05) is 19.1 Å². The molecule has 0 radical (unpaired) electrons. The number of carbonyl (C=O) groups is 1. The van der Waals surface area contributed by atoms with Gasteiger partial charge in [0.25, 0.3) is 5.91 Å². The minimum Gasteiger partial charge on any atom is -0.350 e. The van der Waals surface area contributed by atoms with Crippen LogP contribution in [-0.4, -0.2) is 26.5 Å². The van der Waals surface area contributed by atoms with Gasteiger partial charge >= 0.3 is 0 Å². The Kier molecular flexibility index (Phi) is 4.60. The van der Waals surface area contributed by atoms with Gasteiger partial charge in [0.1, 0.15) is 11.3 Å². The van der Waals surface area contributed by atoms with E-state index < -0.39 is 0 Å². The molecular weight excluding hydrogens is 300 g/mol. The summed E-state index contributed by atoms with van der Waals surface area (Å²) in [5, 5.41) is 3.00. The first-order valence-corrected chi connectivity index (χ1v) is 8.36. The van der Waals surface area contributed by atoms with Gasteiger partial charge in [0, 0.05) is 29.9 Å². The maximum absolute atomic E-state index is 12.4. The van der Waals surface area contributed by atoms with Crippen LogP contribution in [0.2, 0.25) is 0 Å². The maximum Gasteiger partial charge on any atom is 0.251 e. The van der Waals surface area contributed by atoms with Crippen molar-refractivity contribution >= 4 is 17.1 Å². The molecule has 3 aromatic rings. The highest BCUT2D eigenvalue weighted by Gasteiger charge is 2.14. The molecule has 0 bridgehead atoms. The predicted molar refractivity (Wildman–Crippen MR) is 95.9 cm³/mol. The van der Waals surface area contributed by atoms with E-state index in [1.807, 2.05) is 43.3 Å². The second-order valence-electron chi connectivity index (χ2n) is 5.89. The van der Waals surface area contributed by atoms with Crippen molar-refractivity contribution in [2.24, 2.45) is 0 Å². The first-order chi connectivity index (χ1) is 11.6. The first-order valence-electron chi connectivity index (χ1n) is 8.36. The summed E-state index contributed by atoms with van der Waals surface area (Å²) in [6, 6.07) is 11.6. The number of carbonyl (C=O) groups excluding carboxylic acids is 1. The zero-order chi connectivity index (χ0) is 17.1. The molecule has 1 aromatic carbocycles. The fourth-order valence-electron chi connectivity index (χ4n) is 2.69. The van der Waals surface area contributed by atoms with Gasteiger partial charge in [0.2, 0.25) is 0 Å². The molecule has 0 fully saturated rings. The number of nitrogens with one attached hydrogen (secondary N) is 1. The van der Waals surface area contributed by atoms with Gasteiger partial charge in [0.05, 0.1) is 0 Å². The Labute approximate surface area is 141 Å². The number of hydrogen-bond acceptors (Lipinski definition) is 3. The number of aromatic nitrogens is 3. The summed E-state index contributed by atoms with van der Waals surface area (Å²) in [4.78, 5) is 21.5. The van der Waals surface area contributed by atoms with E-state index in [-0.39, 0.29) is 11.9 Å². The number of nitrogens with zero attached hydrogens (tertiary/aromatic N) is 3. The average molecular weight is 322 g/mol. The number of benzene rings is 1. The lowest BCUT2D eigenvalue weighted by Crippen LogP contribution is -2.31. The minimum absolute atomic E-state index is 0.0523. The Morgan fingerprint density at radius 1 is 1.25 bits per heavy atom. The van der Waals surface area contributed by atoms with E-state index in [1.165, 1.54) is 0 Å². The first kappa shape index (κ1) is 16.2. The zero-order valence-corrected chi connectivity index (χ0v) is 14.3. The lowest BCUT2D eigenvalue weighted by Gasteiger charge is -2.12. The molecule has 2 heterocycles. The van der Waals surface area contributed by atoms with Gasteiger partial charge in [-0.25, -0.2) is 9.97 Å². The molecule has 1 amide bonds. The van der Waals surface area contributed by atoms with E-state index in [0.29, 0.717) is 5.56 Å². The monoisotopic (exact) mass is 322 g/mol. The smallest absolute Gasteiger partial charge is 0.251 e. The summed E-state index contributed by atoms with van der Waals surface area (Å²) in [5.74, 6) is 0.785. The largest absolute Gasteiger partial charge is 0.350 e. The summed E-state index contributed by atoms with van der Waals surface area (Å²) in [5.41, 5.74) is 3.30. The van der Waals surface area contributed by atoms with Crippen molar-refractivity contribution in [1.82, 2.24) is 19.9 Å². The van der Waals surface area contributed by atoms with Gasteiger partial charge < -0.3 is 9.88 Å². The van der Waals surface area contributed by atoms with Crippen LogP contribution >= 0.6 is 0 Å². The third-order valence-electron chi connectivity index (χ3n) is 4.19.